The van der Waals surface area contributed by atoms with Crippen molar-refractivity contribution in [1.29, 1.82) is 0 Å². The molecule has 0 spiro atoms. The number of likely N-dealkylation sites (N-methyl/N-ethyl adjacent to an activating group) is 1. The van der Waals surface area contributed by atoms with Gasteiger partial charge in [0, 0.05) is 13.1 Å². The Labute approximate surface area is 127 Å². The van der Waals surface area contributed by atoms with Gasteiger partial charge in [0.25, 0.3) is 0 Å². The first-order valence-corrected chi connectivity index (χ1v) is 8.76. The van der Waals surface area contributed by atoms with Crippen LogP contribution in [0.1, 0.15) is 20.3 Å². The van der Waals surface area contributed by atoms with E-state index in [0.29, 0.717) is 23.5 Å². The molecule has 0 radical (unpaired) electrons. The van der Waals surface area contributed by atoms with Gasteiger partial charge >= 0.3 is 0 Å². The minimum Gasteiger partial charge on any atom is -0.387 e. The van der Waals surface area contributed by atoms with Crippen LogP contribution in [0.2, 0.25) is 0 Å². The lowest BCUT2D eigenvalue weighted by Crippen LogP contribution is -2.43. The molecule has 21 heavy (non-hydrogen) atoms. The van der Waals surface area contributed by atoms with E-state index in [-0.39, 0.29) is 12.3 Å². The first kappa shape index (κ1) is 17.9. The van der Waals surface area contributed by atoms with E-state index < -0.39 is 15.4 Å². The Hall–Kier alpha value is -1.11. The summed E-state index contributed by atoms with van der Waals surface area (Å²) < 4.78 is 24.5. The van der Waals surface area contributed by atoms with Gasteiger partial charge in [0.05, 0.1) is 21.9 Å². The lowest BCUT2D eigenvalue weighted by molar-refractivity contribution is 0.0459. The summed E-state index contributed by atoms with van der Waals surface area (Å²) in [5.41, 5.74) is -0.393. The molecule has 1 rings (SSSR count). The van der Waals surface area contributed by atoms with Crippen LogP contribution in [-0.2, 0) is 9.84 Å². The highest BCUT2D eigenvalue weighted by Crippen LogP contribution is 2.23. The van der Waals surface area contributed by atoms with Gasteiger partial charge in [-0.3, -0.25) is 0 Å². The van der Waals surface area contributed by atoms with E-state index in [1.807, 2.05) is 25.9 Å². The lowest BCUT2D eigenvalue weighted by Gasteiger charge is -2.28. The molecule has 2 N–H and O–H groups in total. The standard InChI is InChI=1S/C15H26N2O3S/c1-5-10-21(19,20)14-9-7-6-8-13(14)16-11-15(2,18)12-17(3)4/h6-9,16,18H,5,10-12H2,1-4H3. The fraction of sp³-hybridized carbons (Fsp3) is 0.600. The number of para-hydroxylation sites is 1. The maximum Gasteiger partial charge on any atom is 0.180 e. The zero-order valence-electron chi connectivity index (χ0n) is 13.3. The highest BCUT2D eigenvalue weighted by molar-refractivity contribution is 7.91. The number of hydrogen-bond donors (Lipinski definition) is 2. The van der Waals surface area contributed by atoms with Crippen molar-refractivity contribution in [2.45, 2.75) is 30.8 Å². The molecule has 1 atom stereocenters. The molecular weight excluding hydrogens is 288 g/mol. The summed E-state index contributed by atoms with van der Waals surface area (Å²) in [6.07, 6.45) is 0.578. The molecule has 5 nitrogen and oxygen atoms in total. The highest BCUT2D eigenvalue weighted by Gasteiger charge is 2.23. The first-order chi connectivity index (χ1) is 9.68. The lowest BCUT2D eigenvalue weighted by atomic mass is 10.1. The zero-order valence-corrected chi connectivity index (χ0v) is 14.1. The normalized spacial score (nSPS) is 15.0. The van der Waals surface area contributed by atoms with Crippen molar-refractivity contribution in [3.63, 3.8) is 0 Å². The van der Waals surface area contributed by atoms with Crippen molar-refractivity contribution in [1.82, 2.24) is 4.90 Å². The molecule has 120 valence electrons. The minimum atomic E-state index is -3.29. The maximum absolute atomic E-state index is 12.2. The molecule has 1 aromatic rings. The summed E-state index contributed by atoms with van der Waals surface area (Å²) in [5, 5.41) is 13.4. The topological polar surface area (TPSA) is 69.6 Å². The third kappa shape index (κ3) is 5.65. The van der Waals surface area contributed by atoms with Gasteiger partial charge in [0.15, 0.2) is 9.84 Å². The summed E-state index contributed by atoms with van der Waals surface area (Å²) in [5.74, 6) is 0.125. The van der Waals surface area contributed by atoms with Gasteiger partial charge in [0.2, 0.25) is 0 Å². The van der Waals surface area contributed by atoms with Crippen molar-refractivity contribution < 1.29 is 13.5 Å². The van der Waals surface area contributed by atoms with Gasteiger partial charge < -0.3 is 15.3 Å². The van der Waals surface area contributed by atoms with E-state index in [1.165, 1.54) is 0 Å². The molecular formula is C15H26N2O3S. The van der Waals surface area contributed by atoms with E-state index in [9.17, 15) is 13.5 Å². The fourth-order valence-corrected chi connectivity index (χ4v) is 3.80. The number of nitrogens with zero attached hydrogens (tertiary/aromatic N) is 1. The van der Waals surface area contributed by atoms with Crippen LogP contribution < -0.4 is 5.32 Å². The van der Waals surface area contributed by atoms with Crippen LogP contribution in [0.4, 0.5) is 5.69 Å². The van der Waals surface area contributed by atoms with E-state index in [1.54, 1.807) is 31.2 Å². The van der Waals surface area contributed by atoms with Gasteiger partial charge in [0.1, 0.15) is 0 Å². The Balaban J connectivity index is 2.91. The zero-order chi connectivity index (χ0) is 16.1. The molecule has 1 unspecified atom stereocenters. The SMILES string of the molecule is CCCS(=O)(=O)c1ccccc1NCC(C)(O)CN(C)C. The summed E-state index contributed by atoms with van der Waals surface area (Å²) in [4.78, 5) is 2.19. The Morgan fingerprint density at radius 3 is 2.48 bits per heavy atom. The average Bonchev–Trinajstić information content (AvgIpc) is 2.35. The molecule has 0 bridgehead atoms. The van der Waals surface area contributed by atoms with Crippen LogP contribution >= 0.6 is 0 Å². The number of benzene rings is 1. The first-order valence-electron chi connectivity index (χ1n) is 7.11. The molecule has 0 aliphatic carbocycles. The second-order valence-corrected chi connectivity index (χ2v) is 7.98. The number of aliphatic hydroxyl groups is 1. The van der Waals surface area contributed by atoms with Gasteiger partial charge in [-0.1, -0.05) is 19.1 Å². The molecule has 0 aromatic heterocycles. The van der Waals surface area contributed by atoms with Crippen molar-refractivity contribution in [2.75, 3.05) is 38.3 Å². The molecule has 0 heterocycles. The van der Waals surface area contributed by atoms with Crippen molar-refractivity contribution in [3.05, 3.63) is 24.3 Å². The molecule has 0 aliphatic rings. The molecule has 6 heteroatoms. The molecule has 0 saturated heterocycles. The average molecular weight is 314 g/mol. The predicted octanol–water partition coefficient (Wildman–Crippen LogP) is 1.59. The van der Waals surface area contributed by atoms with Gasteiger partial charge in [-0.05, 0) is 39.6 Å². The number of anilines is 1. The minimum absolute atomic E-state index is 0.125. The van der Waals surface area contributed by atoms with Crippen LogP contribution in [0.15, 0.2) is 29.2 Å². The second kappa shape index (κ2) is 7.24. The quantitative estimate of drug-likeness (QED) is 0.763. The maximum atomic E-state index is 12.2. The van der Waals surface area contributed by atoms with Crippen molar-refractivity contribution in [2.24, 2.45) is 0 Å². The number of nitrogens with one attached hydrogen (secondary N) is 1. The van der Waals surface area contributed by atoms with Crippen molar-refractivity contribution in [3.8, 4) is 0 Å². The van der Waals surface area contributed by atoms with Crippen LogP contribution in [0.25, 0.3) is 0 Å². The second-order valence-electron chi connectivity index (χ2n) is 5.90. The Morgan fingerprint density at radius 2 is 1.90 bits per heavy atom. The molecule has 0 saturated carbocycles. The Bertz CT molecular complexity index is 554. The third-order valence-corrected chi connectivity index (χ3v) is 4.98. The molecule has 0 fully saturated rings. The third-order valence-electron chi connectivity index (χ3n) is 3.01. The predicted molar refractivity (Wildman–Crippen MR) is 86.5 cm³/mol. The summed E-state index contributed by atoms with van der Waals surface area (Å²) >= 11 is 0. The van der Waals surface area contributed by atoms with Gasteiger partial charge in [-0.15, -0.1) is 0 Å². The number of sulfone groups is 1. The van der Waals surface area contributed by atoms with E-state index >= 15 is 0 Å². The summed E-state index contributed by atoms with van der Waals surface area (Å²) in [6.45, 7) is 4.34. The van der Waals surface area contributed by atoms with Crippen molar-refractivity contribution >= 4 is 15.5 Å². The molecule has 0 amide bonds. The van der Waals surface area contributed by atoms with E-state index in [4.69, 9.17) is 0 Å². The van der Waals surface area contributed by atoms with Crippen LogP contribution in [-0.4, -0.2) is 57.0 Å². The Kier molecular flexibility index (Phi) is 6.19. The highest BCUT2D eigenvalue weighted by atomic mass is 32.2. The van der Waals surface area contributed by atoms with E-state index in [2.05, 4.69) is 5.32 Å². The smallest absolute Gasteiger partial charge is 0.180 e. The number of hydrogen-bond acceptors (Lipinski definition) is 5. The Morgan fingerprint density at radius 1 is 1.29 bits per heavy atom. The van der Waals surface area contributed by atoms with E-state index in [0.717, 1.165) is 0 Å². The monoisotopic (exact) mass is 314 g/mol. The van der Waals surface area contributed by atoms with Crippen LogP contribution in [0, 0.1) is 0 Å². The number of rotatable bonds is 8. The summed E-state index contributed by atoms with van der Waals surface area (Å²) in [6, 6.07) is 6.84. The van der Waals surface area contributed by atoms with Gasteiger partial charge in [-0.2, -0.15) is 0 Å². The molecule has 0 aliphatic heterocycles. The van der Waals surface area contributed by atoms with Crippen LogP contribution in [0.3, 0.4) is 0 Å². The summed E-state index contributed by atoms with van der Waals surface area (Å²) in [7, 11) is 0.480. The fourth-order valence-electron chi connectivity index (χ4n) is 2.29. The molecule has 1 aromatic carbocycles. The largest absolute Gasteiger partial charge is 0.387 e. The van der Waals surface area contributed by atoms with Gasteiger partial charge in [-0.25, -0.2) is 8.42 Å². The van der Waals surface area contributed by atoms with Crippen LogP contribution in [0.5, 0.6) is 0 Å².